The average molecular weight is 348 g/mol. The molecule has 1 aliphatic heterocycles. The van der Waals surface area contributed by atoms with Crippen LogP contribution in [-0.4, -0.2) is 42.0 Å². The molecule has 1 saturated heterocycles. The molecule has 142 valence electrons. The SMILES string of the molecule is CN1CCO[C@]12CC[C@@H]1[C@@H]3CC[C@@H]4C[C@@H](O)CC[C@]4(C)[C@H]3CC[C@@]12C. The molecular formula is C22H37NO2. The van der Waals surface area contributed by atoms with Crippen molar-refractivity contribution in [2.24, 2.45) is 34.5 Å². The van der Waals surface area contributed by atoms with E-state index >= 15 is 0 Å². The maximum absolute atomic E-state index is 10.2. The van der Waals surface area contributed by atoms with Gasteiger partial charge in [-0.25, -0.2) is 0 Å². The number of ether oxygens (including phenoxy) is 1. The summed E-state index contributed by atoms with van der Waals surface area (Å²) in [5.41, 5.74) is 0.863. The van der Waals surface area contributed by atoms with E-state index in [-0.39, 0.29) is 11.8 Å². The molecule has 0 aromatic heterocycles. The van der Waals surface area contributed by atoms with Crippen molar-refractivity contribution in [1.29, 1.82) is 0 Å². The Hall–Kier alpha value is -0.120. The number of likely N-dealkylation sites (N-methyl/N-ethyl adjacent to an activating group) is 1. The summed E-state index contributed by atoms with van der Waals surface area (Å²) in [4.78, 5) is 2.55. The molecule has 4 aliphatic carbocycles. The molecular weight excluding hydrogens is 310 g/mol. The van der Waals surface area contributed by atoms with E-state index in [9.17, 15) is 5.11 Å². The first-order valence-electron chi connectivity index (χ1n) is 10.9. The van der Waals surface area contributed by atoms with Gasteiger partial charge in [0.25, 0.3) is 0 Å². The minimum absolute atomic E-state index is 0.0289. The Morgan fingerprint density at radius 2 is 1.76 bits per heavy atom. The molecule has 3 nitrogen and oxygen atoms in total. The molecule has 4 saturated carbocycles. The van der Waals surface area contributed by atoms with Gasteiger partial charge in [-0.15, -0.1) is 0 Å². The second-order valence-corrected chi connectivity index (χ2v) is 10.6. The lowest BCUT2D eigenvalue weighted by Gasteiger charge is -2.62. The second kappa shape index (κ2) is 5.45. The van der Waals surface area contributed by atoms with Gasteiger partial charge < -0.3 is 9.84 Å². The Labute approximate surface area is 153 Å². The third kappa shape index (κ3) is 2.04. The highest BCUT2D eigenvalue weighted by Crippen LogP contribution is 2.69. The predicted octanol–water partition coefficient (Wildman–Crippen LogP) is 4.05. The van der Waals surface area contributed by atoms with Crippen molar-refractivity contribution >= 4 is 0 Å². The van der Waals surface area contributed by atoms with Crippen LogP contribution in [0.25, 0.3) is 0 Å². The van der Waals surface area contributed by atoms with Gasteiger partial charge in [-0.3, -0.25) is 4.90 Å². The molecule has 0 amide bonds. The number of rotatable bonds is 0. The molecule has 1 N–H and O–H groups in total. The van der Waals surface area contributed by atoms with E-state index in [4.69, 9.17) is 4.74 Å². The number of fused-ring (bicyclic) bond motifs is 6. The van der Waals surface area contributed by atoms with Crippen molar-refractivity contribution in [2.45, 2.75) is 83.5 Å². The molecule has 5 rings (SSSR count). The molecule has 8 atom stereocenters. The number of hydrogen-bond acceptors (Lipinski definition) is 3. The molecule has 1 heterocycles. The first kappa shape index (κ1) is 17.0. The first-order valence-corrected chi connectivity index (χ1v) is 10.9. The van der Waals surface area contributed by atoms with Gasteiger partial charge in [0, 0.05) is 12.0 Å². The standard InChI is InChI=1S/C22H37NO2/c1-20-9-6-16(24)14-15(20)4-5-17-18(20)7-10-21(2)19(17)8-11-22(21)23(3)12-13-25-22/h15-19,24H,4-14H2,1-3H3/t15-,16+,17-,18+,19-,20+,21+,22+/m1/s1. The van der Waals surface area contributed by atoms with Gasteiger partial charge in [-0.1, -0.05) is 13.8 Å². The van der Waals surface area contributed by atoms with Crippen molar-refractivity contribution < 1.29 is 9.84 Å². The number of nitrogens with zero attached hydrogens (tertiary/aromatic N) is 1. The van der Waals surface area contributed by atoms with E-state index < -0.39 is 0 Å². The highest BCUT2D eigenvalue weighted by Gasteiger charge is 2.67. The summed E-state index contributed by atoms with van der Waals surface area (Å²) in [5, 5.41) is 10.2. The fourth-order valence-electron chi connectivity index (χ4n) is 8.72. The van der Waals surface area contributed by atoms with Crippen LogP contribution in [0.5, 0.6) is 0 Å². The zero-order chi connectivity index (χ0) is 17.4. The van der Waals surface area contributed by atoms with Crippen LogP contribution in [0.15, 0.2) is 0 Å². The van der Waals surface area contributed by atoms with Crippen LogP contribution in [0, 0.1) is 34.5 Å². The van der Waals surface area contributed by atoms with E-state index in [0.717, 1.165) is 49.7 Å². The lowest BCUT2D eigenvalue weighted by Crippen LogP contribution is -2.59. The lowest BCUT2D eigenvalue weighted by molar-refractivity contribution is -0.196. The molecule has 0 radical (unpaired) electrons. The predicted molar refractivity (Wildman–Crippen MR) is 99.0 cm³/mol. The summed E-state index contributed by atoms with van der Waals surface area (Å²) in [7, 11) is 2.30. The normalized spacial score (nSPS) is 58.8. The summed E-state index contributed by atoms with van der Waals surface area (Å²) in [6.45, 7) is 7.19. The summed E-state index contributed by atoms with van der Waals surface area (Å²) in [6, 6.07) is 0. The van der Waals surface area contributed by atoms with Crippen molar-refractivity contribution in [1.82, 2.24) is 4.90 Å². The smallest absolute Gasteiger partial charge is 0.127 e. The highest BCUT2D eigenvalue weighted by atomic mass is 16.5. The van der Waals surface area contributed by atoms with E-state index in [2.05, 4.69) is 25.8 Å². The highest BCUT2D eigenvalue weighted by molar-refractivity contribution is 5.15. The Morgan fingerprint density at radius 3 is 2.52 bits per heavy atom. The molecule has 25 heavy (non-hydrogen) atoms. The van der Waals surface area contributed by atoms with Crippen LogP contribution < -0.4 is 0 Å². The zero-order valence-electron chi connectivity index (χ0n) is 16.5. The van der Waals surface area contributed by atoms with Crippen LogP contribution in [0.2, 0.25) is 0 Å². The van der Waals surface area contributed by atoms with Crippen LogP contribution in [0.3, 0.4) is 0 Å². The van der Waals surface area contributed by atoms with Gasteiger partial charge in [-0.2, -0.15) is 0 Å². The zero-order valence-corrected chi connectivity index (χ0v) is 16.5. The third-order valence-corrected chi connectivity index (χ3v) is 10.1. The Kier molecular flexibility index (Phi) is 3.71. The topological polar surface area (TPSA) is 32.7 Å². The maximum atomic E-state index is 10.2. The number of hydrogen-bond donors (Lipinski definition) is 1. The Morgan fingerprint density at radius 1 is 0.960 bits per heavy atom. The molecule has 0 aromatic carbocycles. The quantitative estimate of drug-likeness (QED) is 0.717. The van der Waals surface area contributed by atoms with Crippen LogP contribution in [0.1, 0.15) is 71.6 Å². The van der Waals surface area contributed by atoms with Gasteiger partial charge in [0.05, 0.1) is 12.7 Å². The Balaban J connectivity index is 1.46. The molecule has 0 aromatic rings. The molecule has 5 aliphatic rings. The van der Waals surface area contributed by atoms with Crippen LogP contribution in [0.4, 0.5) is 0 Å². The maximum Gasteiger partial charge on any atom is 0.127 e. The van der Waals surface area contributed by atoms with Gasteiger partial charge in [-0.05, 0) is 93.9 Å². The van der Waals surface area contributed by atoms with Gasteiger partial charge >= 0.3 is 0 Å². The molecule has 5 fully saturated rings. The summed E-state index contributed by atoms with van der Waals surface area (Å²) in [5.74, 6) is 3.39. The fourth-order valence-corrected chi connectivity index (χ4v) is 8.72. The van der Waals surface area contributed by atoms with E-state index in [1.54, 1.807) is 0 Å². The van der Waals surface area contributed by atoms with E-state index in [1.807, 2.05) is 0 Å². The average Bonchev–Trinajstić information content (AvgIpc) is 3.10. The van der Waals surface area contributed by atoms with Crippen LogP contribution >= 0.6 is 0 Å². The monoisotopic (exact) mass is 347 g/mol. The molecule has 3 heteroatoms. The van der Waals surface area contributed by atoms with Crippen molar-refractivity contribution in [3.05, 3.63) is 0 Å². The second-order valence-electron chi connectivity index (χ2n) is 10.6. The number of aliphatic hydroxyl groups excluding tert-OH is 1. The minimum atomic E-state index is -0.0289. The molecule has 0 unspecified atom stereocenters. The summed E-state index contributed by atoms with van der Waals surface area (Å²) >= 11 is 0. The minimum Gasteiger partial charge on any atom is -0.393 e. The molecule has 0 bridgehead atoms. The van der Waals surface area contributed by atoms with E-state index in [1.165, 1.54) is 44.9 Å². The summed E-state index contributed by atoms with van der Waals surface area (Å²) < 4.78 is 6.50. The fraction of sp³-hybridized carbons (Fsp3) is 1.00. The molecule has 1 spiro atoms. The first-order chi connectivity index (χ1) is 11.9. The lowest BCUT2D eigenvalue weighted by atomic mass is 9.44. The van der Waals surface area contributed by atoms with Crippen LogP contribution in [-0.2, 0) is 4.74 Å². The van der Waals surface area contributed by atoms with Gasteiger partial charge in [0.15, 0.2) is 0 Å². The largest absolute Gasteiger partial charge is 0.393 e. The Bertz CT molecular complexity index is 552. The van der Waals surface area contributed by atoms with Crippen molar-refractivity contribution in [3.8, 4) is 0 Å². The van der Waals surface area contributed by atoms with Gasteiger partial charge in [0.1, 0.15) is 5.72 Å². The third-order valence-electron chi connectivity index (χ3n) is 10.1. The van der Waals surface area contributed by atoms with Crippen molar-refractivity contribution in [3.63, 3.8) is 0 Å². The number of aliphatic hydroxyl groups is 1. The van der Waals surface area contributed by atoms with Crippen molar-refractivity contribution in [2.75, 3.05) is 20.2 Å². The van der Waals surface area contributed by atoms with E-state index in [0.29, 0.717) is 10.8 Å². The summed E-state index contributed by atoms with van der Waals surface area (Å²) in [6.07, 6.45) is 11.4. The van der Waals surface area contributed by atoms with Gasteiger partial charge in [0.2, 0.25) is 0 Å².